The Hall–Kier alpha value is 0.240. The van der Waals surface area contributed by atoms with Crippen LogP contribution in [-0.2, 0) is 0 Å². The second-order valence-electron chi connectivity index (χ2n) is 2.35. The van der Waals surface area contributed by atoms with Gasteiger partial charge in [0.15, 0.2) is 0 Å². The van der Waals surface area contributed by atoms with Crippen LogP contribution in [0.4, 0.5) is 0 Å². The summed E-state index contributed by atoms with van der Waals surface area (Å²) >= 11 is 10.9. The quantitative estimate of drug-likeness (QED) is 0.277. The highest BCUT2D eigenvalue weighted by molar-refractivity contribution is 6.18. The number of quaternary nitrogens is 1. The van der Waals surface area contributed by atoms with Crippen LogP contribution in [0.2, 0.25) is 0 Å². The number of hydroxylamine groups is 3. The van der Waals surface area contributed by atoms with Gasteiger partial charge >= 0.3 is 0 Å². The summed E-state index contributed by atoms with van der Waals surface area (Å²) < 4.78 is -0.351. The van der Waals surface area contributed by atoms with Crippen LogP contribution in [0, 0.1) is 5.21 Å². The molecule has 0 aliphatic carbocycles. The molecule has 0 aliphatic rings. The molecule has 11 heavy (non-hydrogen) atoms. The smallest absolute Gasteiger partial charge is 0.0969 e. The highest BCUT2D eigenvalue weighted by Gasteiger charge is 2.12. The number of rotatable bonds is 6. The van der Waals surface area contributed by atoms with Crippen LogP contribution < -0.4 is 0 Å². The molecule has 0 aromatic carbocycles. The predicted molar refractivity (Wildman–Crippen MR) is 49.9 cm³/mol. The van der Waals surface area contributed by atoms with Gasteiger partial charge in [-0.25, -0.2) is 0 Å². The zero-order valence-electron chi connectivity index (χ0n) is 6.43. The van der Waals surface area contributed by atoms with E-state index in [2.05, 4.69) is 6.58 Å². The van der Waals surface area contributed by atoms with Crippen molar-refractivity contribution in [2.24, 2.45) is 0 Å². The van der Waals surface area contributed by atoms with Gasteiger partial charge in [0, 0.05) is 0 Å². The number of hydrogen-bond donors (Lipinski definition) is 0. The minimum absolute atomic E-state index is 0.351. The molecular weight excluding hydrogens is 185 g/mol. The molecular formula is C7H13Cl2NO. The number of hydrogen-bond acceptors (Lipinski definition) is 1. The van der Waals surface area contributed by atoms with Crippen LogP contribution >= 0.6 is 23.2 Å². The first-order valence-electron chi connectivity index (χ1n) is 3.48. The van der Waals surface area contributed by atoms with Gasteiger partial charge in [-0.2, -0.15) is 0 Å². The molecule has 0 radical (unpaired) electrons. The van der Waals surface area contributed by atoms with E-state index in [9.17, 15) is 5.21 Å². The summed E-state index contributed by atoms with van der Waals surface area (Å²) in [6.45, 7) is 4.70. The topological polar surface area (TPSA) is 23.1 Å². The van der Waals surface area contributed by atoms with Gasteiger partial charge in [0.25, 0.3) is 0 Å². The van der Waals surface area contributed by atoms with Gasteiger partial charge in [-0.05, 0) is 6.08 Å². The molecule has 4 heteroatoms. The van der Waals surface area contributed by atoms with Crippen molar-refractivity contribution in [2.75, 3.05) is 31.4 Å². The first kappa shape index (κ1) is 11.2. The zero-order chi connectivity index (χ0) is 8.74. The molecule has 0 unspecified atom stereocenters. The molecule has 0 saturated carbocycles. The van der Waals surface area contributed by atoms with Gasteiger partial charge in [0.05, 0.1) is 31.4 Å². The van der Waals surface area contributed by atoms with Crippen LogP contribution in [0.3, 0.4) is 0 Å². The fourth-order valence-electron chi connectivity index (χ4n) is 0.838. The Morgan fingerprint density at radius 2 is 1.73 bits per heavy atom. The summed E-state index contributed by atoms with van der Waals surface area (Å²) in [6.07, 6.45) is 1.60. The highest BCUT2D eigenvalue weighted by Crippen LogP contribution is 2.05. The van der Waals surface area contributed by atoms with E-state index in [1.165, 1.54) is 0 Å². The lowest BCUT2D eigenvalue weighted by atomic mass is 10.4. The van der Waals surface area contributed by atoms with Crippen LogP contribution in [0.15, 0.2) is 12.7 Å². The third-order valence-electron chi connectivity index (χ3n) is 1.45. The minimum atomic E-state index is -0.351. The Kier molecular flexibility index (Phi) is 5.96. The SMILES string of the molecule is C=CC[N+]([O-])(CCCl)CCCl. The van der Waals surface area contributed by atoms with Crippen molar-refractivity contribution in [3.05, 3.63) is 17.9 Å². The van der Waals surface area contributed by atoms with E-state index in [1.54, 1.807) is 6.08 Å². The molecule has 66 valence electrons. The second kappa shape index (κ2) is 5.84. The number of halogens is 2. The molecule has 0 fully saturated rings. The van der Waals surface area contributed by atoms with Gasteiger partial charge < -0.3 is 9.85 Å². The third-order valence-corrected chi connectivity index (χ3v) is 1.78. The summed E-state index contributed by atoms with van der Waals surface area (Å²) in [5.74, 6) is 0.739. The van der Waals surface area contributed by atoms with Crippen molar-refractivity contribution >= 4 is 23.2 Å². The molecule has 0 bridgehead atoms. The molecule has 0 saturated heterocycles. The monoisotopic (exact) mass is 197 g/mol. The predicted octanol–water partition coefficient (Wildman–Crippen LogP) is 1.96. The van der Waals surface area contributed by atoms with Crippen molar-refractivity contribution in [1.29, 1.82) is 0 Å². The molecule has 0 N–H and O–H groups in total. The van der Waals surface area contributed by atoms with Crippen LogP contribution in [0.5, 0.6) is 0 Å². The third kappa shape index (κ3) is 4.64. The van der Waals surface area contributed by atoms with E-state index in [1.807, 2.05) is 0 Å². The lowest BCUT2D eigenvalue weighted by molar-refractivity contribution is -0.869. The molecule has 0 spiro atoms. The van der Waals surface area contributed by atoms with Crippen molar-refractivity contribution in [1.82, 2.24) is 0 Å². The molecule has 0 aromatic heterocycles. The molecule has 0 aromatic rings. The molecule has 0 atom stereocenters. The van der Waals surface area contributed by atoms with Gasteiger partial charge in [-0.1, -0.05) is 6.58 Å². The second-order valence-corrected chi connectivity index (χ2v) is 3.11. The maximum atomic E-state index is 11.6. The first-order chi connectivity index (χ1) is 5.18. The molecule has 0 aliphatic heterocycles. The average Bonchev–Trinajstić information content (AvgIpc) is 1.88. The Labute approximate surface area is 77.6 Å². The van der Waals surface area contributed by atoms with Crippen molar-refractivity contribution in [2.45, 2.75) is 0 Å². The Morgan fingerprint density at radius 3 is 2.00 bits per heavy atom. The van der Waals surface area contributed by atoms with E-state index in [-0.39, 0.29) is 4.65 Å². The van der Waals surface area contributed by atoms with Gasteiger partial charge in [-0.15, -0.1) is 23.2 Å². The molecule has 0 rings (SSSR count). The largest absolute Gasteiger partial charge is 0.632 e. The molecule has 0 heterocycles. The summed E-state index contributed by atoms with van der Waals surface area (Å²) in [5, 5.41) is 11.6. The summed E-state index contributed by atoms with van der Waals surface area (Å²) in [7, 11) is 0. The Balaban J connectivity index is 3.88. The molecule has 0 amide bonds. The normalized spacial score (nSPS) is 11.5. The van der Waals surface area contributed by atoms with Gasteiger partial charge in [-0.3, -0.25) is 0 Å². The van der Waals surface area contributed by atoms with E-state index in [4.69, 9.17) is 23.2 Å². The van der Waals surface area contributed by atoms with Gasteiger partial charge in [0.1, 0.15) is 0 Å². The van der Waals surface area contributed by atoms with E-state index >= 15 is 0 Å². The van der Waals surface area contributed by atoms with Crippen molar-refractivity contribution < 1.29 is 4.65 Å². The number of alkyl halides is 2. The average molecular weight is 198 g/mol. The van der Waals surface area contributed by atoms with Crippen molar-refractivity contribution in [3.8, 4) is 0 Å². The summed E-state index contributed by atoms with van der Waals surface area (Å²) in [4.78, 5) is 0. The highest BCUT2D eigenvalue weighted by atomic mass is 35.5. The first-order valence-corrected chi connectivity index (χ1v) is 4.55. The van der Waals surface area contributed by atoms with Gasteiger partial charge in [0.2, 0.25) is 0 Å². The van der Waals surface area contributed by atoms with Crippen LogP contribution in [-0.4, -0.2) is 36.0 Å². The molecule has 2 nitrogen and oxygen atoms in total. The number of nitrogens with zero attached hydrogens (tertiary/aromatic N) is 1. The van der Waals surface area contributed by atoms with E-state index < -0.39 is 0 Å². The van der Waals surface area contributed by atoms with Crippen molar-refractivity contribution in [3.63, 3.8) is 0 Å². The maximum absolute atomic E-state index is 11.6. The standard InChI is InChI=1S/C7H13Cl2NO/c1-2-5-10(11,6-3-8)7-4-9/h2H,1,3-7H2. The Morgan fingerprint density at radius 1 is 1.27 bits per heavy atom. The summed E-state index contributed by atoms with van der Waals surface area (Å²) in [5.41, 5.74) is 0. The fourth-order valence-corrected chi connectivity index (χ4v) is 1.45. The maximum Gasteiger partial charge on any atom is 0.0969 e. The Bertz CT molecular complexity index is 113. The van der Waals surface area contributed by atoms with E-state index in [0.717, 1.165) is 0 Å². The summed E-state index contributed by atoms with van der Waals surface area (Å²) in [6, 6.07) is 0. The van der Waals surface area contributed by atoms with E-state index in [0.29, 0.717) is 31.4 Å². The van der Waals surface area contributed by atoms with Crippen LogP contribution in [0.1, 0.15) is 0 Å². The van der Waals surface area contributed by atoms with Crippen LogP contribution in [0.25, 0.3) is 0 Å². The lowest BCUT2D eigenvalue weighted by Gasteiger charge is -2.41. The lowest BCUT2D eigenvalue weighted by Crippen LogP contribution is -2.45. The fraction of sp³-hybridized carbons (Fsp3) is 0.714. The minimum Gasteiger partial charge on any atom is -0.632 e. The zero-order valence-corrected chi connectivity index (χ0v) is 7.94.